The molecule has 0 unspecified atom stereocenters. The molecule has 1 aliphatic heterocycles. The smallest absolute Gasteiger partial charge is 0.326 e. The molecule has 1 aliphatic rings. The number of hydrogen-bond donors (Lipinski definition) is 2. The summed E-state index contributed by atoms with van der Waals surface area (Å²) in [6.45, 7) is 0.141. The fraction of sp³-hybridized carbons (Fsp3) is 0.667. The molecule has 0 aromatic carbocycles. The number of aliphatic carboxylic acids is 1. The number of amides is 2. The first-order valence-corrected chi connectivity index (χ1v) is 4.90. The van der Waals surface area contributed by atoms with Gasteiger partial charge in [-0.2, -0.15) is 0 Å². The number of urea groups is 1. The summed E-state index contributed by atoms with van der Waals surface area (Å²) in [5, 5.41) is 11.2. The highest BCUT2D eigenvalue weighted by molar-refractivity contribution is 5.85. The van der Waals surface area contributed by atoms with Crippen LogP contribution in [0.25, 0.3) is 0 Å². The molecule has 7 nitrogen and oxygen atoms in total. The van der Waals surface area contributed by atoms with Crippen LogP contribution in [-0.4, -0.2) is 54.2 Å². The zero-order chi connectivity index (χ0) is 12.1. The molecular weight excluding hydrogens is 216 g/mol. The number of carboxylic acid groups (broad SMARTS) is 1. The maximum Gasteiger partial charge on any atom is 0.326 e. The predicted octanol–water partition coefficient (Wildman–Crippen LogP) is -0.582. The fourth-order valence-electron chi connectivity index (χ4n) is 1.59. The second-order valence-electron chi connectivity index (χ2n) is 3.42. The lowest BCUT2D eigenvalue weighted by Crippen LogP contribution is -2.47. The minimum Gasteiger partial charge on any atom is -0.480 e. The fourth-order valence-corrected chi connectivity index (χ4v) is 1.59. The second-order valence-corrected chi connectivity index (χ2v) is 3.42. The lowest BCUT2D eigenvalue weighted by atomic mass is 10.2. The maximum atomic E-state index is 11.5. The molecule has 0 spiro atoms. The number of rotatable bonds is 3. The number of nitrogens with zero attached hydrogens (tertiary/aromatic N) is 1. The average molecular weight is 230 g/mol. The minimum atomic E-state index is -1.02. The van der Waals surface area contributed by atoms with Crippen molar-refractivity contribution in [1.82, 2.24) is 10.2 Å². The van der Waals surface area contributed by atoms with Gasteiger partial charge in [-0.15, -0.1) is 0 Å². The van der Waals surface area contributed by atoms with Gasteiger partial charge in [0.15, 0.2) is 0 Å². The number of ether oxygens (including phenoxy) is 1. The van der Waals surface area contributed by atoms with Crippen LogP contribution in [-0.2, 0) is 14.3 Å². The van der Waals surface area contributed by atoms with Gasteiger partial charge in [-0.1, -0.05) is 0 Å². The number of carbonyl (C=O) groups excluding carboxylic acids is 2. The molecule has 0 radical (unpaired) electrons. The third-order valence-corrected chi connectivity index (χ3v) is 2.41. The summed E-state index contributed by atoms with van der Waals surface area (Å²) in [5.74, 6) is -1.59. The van der Waals surface area contributed by atoms with Crippen LogP contribution in [0.1, 0.15) is 12.8 Å². The van der Waals surface area contributed by atoms with Crippen LogP contribution in [0.15, 0.2) is 0 Å². The van der Waals surface area contributed by atoms with Crippen LogP contribution in [0.5, 0.6) is 0 Å². The van der Waals surface area contributed by atoms with Crippen molar-refractivity contribution in [3.8, 4) is 0 Å². The van der Waals surface area contributed by atoms with E-state index in [1.165, 1.54) is 12.0 Å². The van der Waals surface area contributed by atoms with E-state index in [2.05, 4.69) is 10.1 Å². The van der Waals surface area contributed by atoms with Gasteiger partial charge in [-0.05, 0) is 12.8 Å². The number of esters is 1. The summed E-state index contributed by atoms with van der Waals surface area (Å²) in [6.07, 6.45) is 1.10. The van der Waals surface area contributed by atoms with Crippen LogP contribution in [0.3, 0.4) is 0 Å². The molecule has 0 aromatic rings. The highest BCUT2D eigenvalue weighted by atomic mass is 16.5. The van der Waals surface area contributed by atoms with Gasteiger partial charge in [0.2, 0.25) is 0 Å². The maximum absolute atomic E-state index is 11.5. The highest BCUT2D eigenvalue weighted by Gasteiger charge is 2.33. The SMILES string of the molecule is COC(=O)CNC(=O)N1CCC[C@H]1C(=O)O. The largest absolute Gasteiger partial charge is 0.480 e. The summed E-state index contributed by atoms with van der Waals surface area (Å²) >= 11 is 0. The van der Waals surface area contributed by atoms with Crippen molar-refractivity contribution < 1.29 is 24.2 Å². The van der Waals surface area contributed by atoms with E-state index in [1.54, 1.807) is 0 Å². The predicted molar refractivity (Wildman–Crippen MR) is 52.8 cm³/mol. The van der Waals surface area contributed by atoms with Crippen LogP contribution in [0.2, 0.25) is 0 Å². The molecule has 7 heteroatoms. The summed E-state index contributed by atoms with van der Waals surface area (Å²) in [6, 6.07) is -1.34. The molecule has 1 saturated heterocycles. The van der Waals surface area contributed by atoms with Crippen molar-refractivity contribution >= 4 is 18.0 Å². The highest BCUT2D eigenvalue weighted by Crippen LogP contribution is 2.16. The van der Waals surface area contributed by atoms with E-state index < -0.39 is 24.0 Å². The lowest BCUT2D eigenvalue weighted by molar-refractivity contribution is -0.141. The molecule has 0 aliphatic carbocycles. The molecule has 2 amide bonds. The Balaban J connectivity index is 2.47. The first kappa shape index (κ1) is 12.3. The third-order valence-electron chi connectivity index (χ3n) is 2.41. The van der Waals surface area contributed by atoms with Crippen molar-refractivity contribution in [3.63, 3.8) is 0 Å². The van der Waals surface area contributed by atoms with Crippen molar-refractivity contribution in [1.29, 1.82) is 0 Å². The van der Waals surface area contributed by atoms with Gasteiger partial charge in [0.05, 0.1) is 7.11 Å². The number of hydrogen-bond acceptors (Lipinski definition) is 4. The van der Waals surface area contributed by atoms with Crippen LogP contribution >= 0.6 is 0 Å². The van der Waals surface area contributed by atoms with Crippen molar-refractivity contribution in [2.75, 3.05) is 20.2 Å². The molecule has 0 bridgehead atoms. The van der Waals surface area contributed by atoms with E-state index in [9.17, 15) is 14.4 Å². The first-order valence-electron chi connectivity index (χ1n) is 4.90. The Morgan fingerprint density at radius 3 is 2.75 bits per heavy atom. The van der Waals surface area contributed by atoms with Crippen molar-refractivity contribution in [2.24, 2.45) is 0 Å². The molecular formula is C9H14N2O5. The zero-order valence-electron chi connectivity index (χ0n) is 8.93. The van der Waals surface area contributed by atoms with E-state index in [4.69, 9.17) is 5.11 Å². The van der Waals surface area contributed by atoms with Gasteiger partial charge < -0.3 is 20.1 Å². The molecule has 1 atom stereocenters. The molecule has 0 aromatic heterocycles. The van der Waals surface area contributed by atoms with E-state index >= 15 is 0 Å². The number of nitrogens with one attached hydrogen (secondary N) is 1. The molecule has 16 heavy (non-hydrogen) atoms. The molecule has 0 saturated carbocycles. The quantitative estimate of drug-likeness (QED) is 0.632. The Labute approximate surface area is 92.4 Å². The minimum absolute atomic E-state index is 0.252. The third kappa shape index (κ3) is 2.85. The van der Waals surface area contributed by atoms with Gasteiger partial charge >= 0.3 is 18.0 Å². The Bertz CT molecular complexity index is 304. The monoisotopic (exact) mass is 230 g/mol. The van der Waals surface area contributed by atoms with Gasteiger partial charge in [0, 0.05) is 6.54 Å². The summed E-state index contributed by atoms with van der Waals surface area (Å²) < 4.78 is 4.35. The van der Waals surface area contributed by atoms with E-state index in [1.807, 2.05) is 0 Å². The number of carboxylic acids is 1. The number of methoxy groups -OCH3 is 1. The zero-order valence-corrected chi connectivity index (χ0v) is 8.93. The number of likely N-dealkylation sites (tertiary alicyclic amines) is 1. The first-order chi connectivity index (χ1) is 7.56. The Morgan fingerprint density at radius 2 is 2.19 bits per heavy atom. The Morgan fingerprint density at radius 1 is 1.50 bits per heavy atom. The van der Waals surface area contributed by atoms with Gasteiger partial charge in [-0.25, -0.2) is 9.59 Å². The molecule has 90 valence electrons. The van der Waals surface area contributed by atoms with Gasteiger partial charge in [0.1, 0.15) is 12.6 Å². The van der Waals surface area contributed by atoms with Crippen LogP contribution in [0.4, 0.5) is 4.79 Å². The lowest BCUT2D eigenvalue weighted by Gasteiger charge is -2.21. The standard InChI is InChI=1S/C9H14N2O5/c1-16-7(12)5-10-9(15)11-4-2-3-6(11)8(13)14/h6H,2-5H2,1H3,(H,10,15)(H,13,14)/t6-/m0/s1. The molecule has 1 fully saturated rings. The molecule has 2 N–H and O–H groups in total. The Hall–Kier alpha value is -1.79. The van der Waals surface area contributed by atoms with Crippen LogP contribution in [0, 0.1) is 0 Å². The summed E-state index contributed by atoms with van der Waals surface area (Å²) in [7, 11) is 1.21. The number of carbonyl (C=O) groups is 3. The topological polar surface area (TPSA) is 95.9 Å². The second kappa shape index (κ2) is 5.34. The van der Waals surface area contributed by atoms with Gasteiger partial charge in [0.25, 0.3) is 0 Å². The average Bonchev–Trinajstić information content (AvgIpc) is 2.74. The van der Waals surface area contributed by atoms with Crippen LogP contribution < -0.4 is 5.32 Å². The van der Waals surface area contributed by atoms with Gasteiger partial charge in [-0.3, -0.25) is 4.79 Å². The van der Waals surface area contributed by atoms with E-state index in [-0.39, 0.29) is 6.54 Å². The van der Waals surface area contributed by atoms with E-state index in [0.717, 1.165) is 0 Å². The molecule has 1 rings (SSSR count). The van der Waals surface area contributed by atoms with Crippen molar-refractivity contribution in [2.45, 2.75) is 18.9 Å². The normalized spacial score (nSPS) is 19.3. The van der Waals surface area contributed by atoms with Crippen molar-refractivity contribution in [3.05, 3.63) is 0 Å². The summed E-state index contributed by atoms with van der Waals surface area (Å²) in [5.41, 5.74) is 0. The Kier molecular flexibility index (Phi) is 4.10. The van der Waals surface area contributed by atoms with E-state index in [0.29, 0.717) is 19.4 Å². The summed E-state index contributed by atoms with van der Waals surface area (Å²) in [4.78, 5) is 34.3. The molecule has 1 heterocycles.